The summed E-state index contributed by atoms with van der Waals surface area (Å²) < 4.78 is 0. The molecule has 58 heavy (non-hydrogen) atoms. The lowest BCUT2D eigenvalue weighted by Gasteiger charge is -2.16. The molecule has 4 heteroatoms. The molecular formula is C54H34N4. The fourth-order valence-electron chi connectivity index (χ4n) is 8.37. The third kappa shape index (κ3) is 5.96. The minimum Gasteiger partial charge on any atom is -0.265 e. The highest BCUT2D eigenvalue weighted by molar-refractivity contribution is 6.25. The summed E-state index contributed by atoms with van der Waals surface area (Å²) in [4.78, 5) is 18.9. The topological polar surface area (TPSA) is 51.6 Å². The van der Waals surface area contributed by atoms with E-state index in [1.807, 2.05) is 49.1 Å². The predicted molar refractivity (Wildman–Crippen MR) is 240 cm³/mol. The molecular weight excluding hydrogens is 705 g/mol. The van der Waals surface area contributed by atoms with E-state index in [9.17, 15) is 0 Å². The largest absolute Gasteiger partial charge is 0.265 e. The molecule has 0 N–H and O–H groups in total. The van der Waals surface area contributed by atoms with Crippen LogP contribution in [0.3, 0.4) is 0 Å². The van der Waals surface area contributed by atoms with Gasteiger partial charge >= 0.3 is 0 Å². The quantitative estimate of drug-likeness (QED) is 0.159. The molecule has 0 amide bonds. The van der Waals surface area contributed by atoms with Gasteiger partial charge in [-0.1, -0.05) is 121 Å². The van der Waals surface area contributed by atoms with Crippen LogP contribution in [0.25, 0.3) is 110 Å². The predicted octanol–water partition coefficient (Wildman–Crippen LogP) is 13.9. The average molecular weight is 739 g/mol. The van der Waals surface area contributed by atoms with E-state index < -0.39 is 0 Å². The van der Waals surface area contributed by atoms with E-state index in [4.69, 9.17) is 9.97 Å². The maximum Gasteiger partial charge on any atom is 0.0788 e. The molecule has 0 unspecified atom stereocenters. The van der Waals surface area contributed by atoms with E-state index in [2.05, 4.69) is 168 Å². The molecule has 4 nitrogen and oxygen atoms in total. The van der Waals surface area contributed by atoms with Crippen LogP contribution in [0.1, 0.15) is 0 Å². The number of rotatable bonds is 6. The summed E-state index contributed by atoms with van der Waals surface area (Å²) in [6.07, 6.45) is 7.24. The zero-order valence-electron chi connectivity index (χ0n) is 31.4. The Morgan fingerprint density at radius 2 is 0.879 bits per heavy atom. The molecule has 0 aliphatic rings. The maximum atomic E-state index is 5.34. The fourth-order valence-corrected chi connectivity index (χ4v) is 8.37. The molecule has 0 aliphatic heterocycles. The first kappa shape index (κ1) is 33.5. The van der Waals surface area contributed by atoms with Crippen molar-refractivity contribution in [3.8, 4) is 67.2 Å². The minimum absolute atomic E-state index is 0.899. The van der Waals surface area contributed by atoms with Crippen molar-refractivity contribution >= 4 is 43.2 Å². The highest BCUT2D eigenvalue weighted by atomic mass is 14.7. The van der Waals surface area contributed by atoms with Gasteiger partial charge in [0.15, 0.2) is 0 Å². The van der Waals surface area contributed by atoms with E-state index in [0.717, 1.165) is 77.9 Å². The van der Waals surface area contributed by atoms with Gasteiger partial charge in [0.25, 0.3) is 0 Å². The molecule has 0 radical (unpaired) electrons. The second-order valence-electron chi connectivity index (χ2n) is 14.7. The van der Waals surface area contributed by atoms with E-state index in [1.165, 1.54) is 32.5 Å². The molecule has 0 fully saturated rings. The summed E-state index contributed by atoms with van der Waals surface area (Å²) >= 11 is 0. The zero-order chi connectivity index (χ0) is 38.4. The summed E-state index contributed by atoms with van der Waals surface area (Å²) in [7, 11) is 0. The van der Waals surface area contributed by atoms with Crippen LogP contribution in [0.4, 0.5) is 0 Å². The van der Waals surface area contributed by atoms with Gasteiger partial charge in [-0.25, -0.2) is 9.97 Å². The number of hydrogen-bond acceptors (Lipinski definition) is 4. The molecule has 0 saturated heterocycles. The second kappa shape index (κ2) is 14.0. The van der Waals surface area contributed by atoms with Gasteiger partial charge in [-0.05, 0) is 116 Å². The Morgan fingerprint density at radius 1 is 0.293 bits per heavy atom. The van der Waals surface area contributed by atoms with Gasteiger partial charge in [-0.2, -0.15) is 0 Å². The van der Waals surface area contributed by atoms with Crippen molar-refractivity contribution in [3.05, 3.63) is 207 Å². The number of hydrogen-bond donors (Lipinski definition) is 0. The molecule has 0 aliphatic carbocycles. The van der Waals surface area contributed by atoms with Crippen LogP contribution >= 0.6 is 0 Å². The minimum atomic E-state index is 0.899. The fraction of sp³-hybridized carbons (Fsp3) is 0. The SMILES string of the molecule is c1cc(-c2ccc(-c3cc4c(-c5ccc6ccccc6c5)nc5ccccc5c4c4ccccc34)cc2)cc(-c2cc(-c3ccncc3)nc(-c3ccncc3)c2)c1. The summed E-state index contributed by atoms with van der Waals surface area (Å²) in [6, 6.07) is 65.0. The Hall–Kier alpha value is -7.82. The molecule has 11 rings (SSSR count). The number of aromatic nitrogens is 4. The lowest BCUT2D eigenvalue weighted by atomic mass is 9.89. The Labute approximate surface area is 335 Å². The van der Waals surface area contributed by atoms with Crippen LogP contribution in [0, 0.1) is 0 Å². The molecule has 270 valence electrons. The third-order valence-electron chi connectivity index (χ3n) is 11.2. The van der Waals surface area contributed by atoms with Crippen LogP contribution in [-0.4, -0.2) is 19.9 Å². The van der Waals surface area contributed by atoms with Crippen molar-refractivity contribution in [3.63, 3.8) is 0 Å². The van der Waals surface area contributed by atoms with Crippen molar-refractivity contribution in [2.45, 2.75) is 0 Å². The van der Waals surface area contributed by atoms with Crippen LogP contribution in [0.2, 0.25) is 0 Å². The van der Waals surface area contributed by atoms with Crippen LogP contribution in [0.5, 0.6) is 0 Å². The lowest BCUT2D eigenvalue weighted by molar-refractivity contribution is 1.27. The first-order valence-electron chi connectivity index (χ1n) is 19.5. The highest BCUT2D eigenvalue weighted by Gasteiger charge is 2.17. The Balaban J connectivity index is 1.03. The molecule has 0 spiro atoms. The number of fused-ring (bicyclic) bond motifs is 6. The van der Waals surface area contributed by atoms with Crippen molar-refractivity contribution in [1.29, 1.82) is 0 Å². The van der Waals surface area contributed by atoms with Crippen molar-refractivity contribution in [2.75, 3.05) is 0 Å². The van der Waals surface area contributed by atoms with Gasteiger partial charge in [0, 0.05) is 57.6 Å². The third-order valence-corrected chi connectivity index (χ3v) is 11.2. The zero-order valence-corrected chi connectivity index (χ0v) is 31.4. The van der Waals surface area contributed by atoms with Crippen molar-refractivity contribution in [1.82, 2.24) is 19.9 Å². The second-order valence-corrected chi connectivity index (χ2v) is 14.7. The smallest absolute Gasteiger partial charge is 0.0788 e. The van der Waals surface area contributed by atoms with Crippen LogP contribution < -0.4 is 0 Å². The van der Waals surface area contributed by atoms with Crippen LogP contribution in [-0.2, 0) is 0 Å². The van der Waals surface area contributed by atoms with Gasteiger partial charge < -0.3 is 0 Å². The maximum absolute atomic E-state index is 5.34. The number of para-hydroxylation sites is 1. The monoisotopic (exact) mass is 738 g/mol. The molecule has 7 aromatic carbocycles. The number of pyridine rings is 4. The Bertz CT molecular complexity index is 3260. The summed E-state index contributed by atoms with van der Waals surface area (Å²) in [5, 5.41) is 8.41. The molecule has 4 aromatic heterocycles. The van der Waals surface area contributed by atoms with E-state index in [-0.39, 0.29) is 0 Å². The molecule has 0 atom stereocenters. The lowest BCUT2D eigenvalue weighted by Crippen LogP contribution is -1.93. The van der Waals surface area contributed by atoms with Crippen molar-refractivity contribution in [2.24, 2.45) is 0 Å². The first-order valence-corrected chi connectivity index (χ1v) is 19.5. The number of nitrogens with zero attached hydrogens (tertiary/aromatic N) is 4. The van der Waals surface area contributed by atoms with Crippen molar-refractivity contribution < 1.29 is 0 Å². The van der Waals surface area contributed by atoms with Gasteiger partial charge in [0.1, 0.15) is 0 Å². The molecule has 4 heterocycles. The summed E-state index contributed by atoms with van der Waals surface area (Å²) in [5.74, 6) is 0. The number of benzene rings is 7. The standard InChI is InChI=1S/C54H34N4/c1-2-9-40-31-43(21-18-35(40)8-1)54-49-34-48(45-12-3-4-13-46(45)53(49)47-14-5-6-15-50(47)58-54)37-19-16-36(17-20-37)41-10-7-11-42(30-41)44-32-51(38-22-26-55-27-23-38)57-52(33-44)39-24-28-56-29-25-39/h1-34H. The molecule has 11 aromatic rings. The summed E-state index contributed by atoms with van der Waals surface area (Å²) in [5.41, 5.74) is 13.8. The molecule has 0 saturated carbocycles. The van der Waals surface area contributed by atoms with Gasteiger partial charge in [0.05, 0.1) is 22.6 Å². The van der Waals surface area contributed by atoms with Crippen LogP contribution in [0.15, 0.2) is 207 Å². The van der Waals surface area contributed by atoms with E-state index in [0.29, 0.717) is 0 Å². The normalized spacial score (nSPS) is 11.4. The summed E-state index contributed by atoms with van der Waals surface area (Å²) in [6.45, 7) is 0. The van der Waals surface area contributed by atoms with Gasteiger partial charge in [0.2, 0.25) is 0 Å². The van der Waals surface area contributed by atoms with E-state index >= 15 is 0 Å². The Kier molecular flexibility index (Phi) is 8.11. The Morgan fingerprint density at radius 3 is 1.60 bits per heavy atom. The average Bonchev–Trinajstić information content (AvgIpc) is 3.31. The van der Waals surface area contributed by atoms with Gasteiger partial charge in [-0.3, -0.25) is 9.97 Å². The van der Waals surface area contributed by atoms with E-state index in [1.54, 1.807) is 0 Å². The first-order chi connectivity index (χ1) is 28.7. The van der Waals surface area contributed by atoms with Gasteiger partial charge in [-0.15, -0.1) is 0 Å². The molecule has 0 bridgehead atoms. The highest BCUT2D eigenvalue weighted by Crippen LogP contribution is 2.42.